The zero-order valence-corrected chi connectivity index (χ0v) is 27.7. The summed E-state index contributed by atoms with van der Waals surface area (Å²) in [4.78, 5) is 4.38. The first-order chi connectivity index (χ1) is 25.8. The molecule has 12 aromatic rings. The maximum Gasteiger partial charge on any atom is 0.138 e. The zero-order valence-electron chi connectivity index (χ0n) is 27.7. The van der Waals surface area contributed by atoms with Gasteiger partial charge in [-0.3, -0.25) is 4.98 Å². The van der Waals surface area contributed by atoms with Gasteiger partial charge in [0.15, 0.2) is 0 Å². The van der Waals surface area contributed by atoms with Gasteiger partial charge in [0, 0.05) is 72.9 Å². The summed E-state index contributed by atoms with van der Waals surface area (Å²) in [7, 11) is 0. The number of furan rings is 2. The van der Waals surface area contributed by atoms with Crippen molar-refractivity contribution in [3.8, 4) is 22.5 Å². The summed E-state index contributed by atoms with van der Waals surface area (Å²) in [6.45, 7) is 0. The van der Waals surface area contributed by atoms with Gasteiger partial charge in [-0.1, -0.05) is 72.8 Å². The highest BCUT2D eigenvalue weighted by Crippen LogP contribution is 2.44. The Kier molecular flexibility index (Phi) is 5.44. The van der Waals surface area contributed by atoms with Crippen molar-refractivity contribution in [2.75, 3.05) is 0 Å². The van der Waals surface area contributed by atoms with Crippen LogP contribution in [0.2, 0.25) is 0 Å². The topological polar surface area (TPSA) is 49.0 Å². The molecule has 5 aromatic heterocycles. The van der Waals surface area contributed by atoms with Crippen LogP contribution in [0.25, 0.3) is 110 Å². The average Bonchev–Trinajstić information content (AvgIpc) is 3.94. The Morgan fingerprint density at radius 1 is 0.365 bits per heavy atom. The van der Waals surface area contributed by atoms with Crippen LogP contribution >= 0.6 is 0 Å². The van der Waals surface area contributed by atoms with Crippen molar-refractivity contribution in [1.82, 2.24) is 14.1 Å². The van der Waals surface area contributed by atoms with E-state index in [4.69, 9.17) is 8.83 Å². The fraction of sp³-hybridized carbons (Fsp3) is 0. The fourth-order valence-corrected chi connectivity index (χ4v) is 8.53. The molecule has 242 valence electrons. The van der Waals surface area contributed by atoms with Gasteiger partial charge < -0.3 is 18.0 Å². The third kappa shape index (κ3) is 3.74. The van der Waals surface area contributed by atoms with Crippen LogP contribution in [0.15, 0.2) is 173 Å². The molecule has 7 aromatic carbocycles. The third-order valence-electron chi connectivity index (χ3n) is 10.8. The molecule has 0 unspecified atom stereocenters. The maximum atomic E-state index is 6.43. The molecule has 0 atom stereocenters. The van der Waals surface area contributed by atoms with E-state index in [9.17, 15) is 0 Å². The van der Waals surface area contributed by atoms with E-state index < -0.39 is 0 Å². The van der Waals surface area contributed by atoms with Gasteiger partial charge in [0.25, 0.3) is 0 Å². The molecule has 0 amide bonds. The minimum atomic E-state index is 0.845. The molecular weight excluding hydrogens is 639 g/mol. The quantitative estimate of drug-likeness (QED) is 0.189. The molecule has 0 radical (unpaired) electrons. The van der Waals surface area contributed by atoms with Gasteiger partial charge in [0.1, 0.15) is 22.3 Å². The van der Waals surface area contributed by atoms with Crippen molar-refractivity contribution >= 4 is 87.5 Å². The highest BCUT2D eigenvalue weighted by molar-refractivity contribution is 6.29. The van der Waals surface area contributed by atoms with Gasteiger partial charge in [-0.25, -0.2) is 0 Å². The lowest BCUT2D eigenvalue weighted by atomic mass is 10.0. The first kappa shape index (κ1) is 27.7. The van der Waals surface area contributed by atoms with E-state index in [-0.39, 0.29) is 0 Å². The number of fused-ring (bicyclic) bond motifs is 13. The molecule has 0 aliphatic rings. The lowest BCUT2D eigenvalue weighted by molar-refractivity contribution is 0.668. The first-order valence-electron chi connectivity index (χ1n) is 17.5. The summed E-state index contributed by atoms with van der Waals surface area (Å²) in [5.41, 5.74) is 12.6. The molecule has 5 nitrogen and oxygen atoms in total. The Labute approximate surface area is 296 Å². The summed E-state index contributed by atoms with van der Waals surface area (Å²) < 4.78 is 17.4. The molecule has 0 fully saturated rings. The number of aromatic nitrogens is 3. The lowest BCUT2D eigenvalue weighted by Gasteiger charge is -2.10. The van der Waals surface area contributed by atoms with E-state index in [0.717, 1.165) is 77.4 Å². The predicted octanol–water partition coefficient (Wildman–Crippen LogP) is 12.7. The molecular formula is C47H27N3O2. The molecule has 12 rings (SSSR count). The van der Waals surface area contributed by atoms with E-state index in [1.54, 1.807) is 6.20 Å². The molecule has 5 heteroatoms. The van der Waals surface area contributed by atoms with Crippen LogP contribution < -0.4 is 0 Å². The summed E-state index contributed by atoms with van der Waals surface area (Å²) in [6.07, 6.45) is 3.66. The summed E-state index contributed by atoms with van der Waals surface area (Å²) in [6, 6.07) is 54.1. The number of hydrogen-bond donors (Lipinski definition) is 0. The Hall–Kier alpha value is -7.11. The van der Waals surface area contributed by atoms with E-state index in [2.05, 4.69) is 148 Å². The van der Waals surface area contributed by atoms with Crippen LogP contribution in [-0.2, 0) is 0 Å². The minimum absolute atomic E-state index is 0.845. The summed E-state index contributed by atoms with van der Waals surface area (Å²) >= 11 is 0. The normalized spacial score (nSPS) is 12.2. The lowest BCUT2D eigenvalue weighted by Crippen LogP contribution is -1.95. The number of para-hydroxylation sites is 3. The number of rotatable bonds is 3. The van der Waals surface area contributed by atoms with E-state index in [1.165, 1.54) is 32.6 Å². The zero-order chi connectivity index (χ0) is 33.9. The van der Waals surface area contributed by atoms with Crippen molar-refractivity contribution in [1.29, 1.82) is 0 Å². The molecule has 52 heavy (non-hydrogen) atoms. The molecule has 0 bridgehead atoms. The van der Waals surface area contributed by atoms with Crippen LogP contribution in [0.4, 0.5) is 0 Å². The molecule has 0 N–H and O–H groups in total. The van der Waals surface area contributed by atoms with E-state index >= 15 is 0 Å². The van der Waals surface area contributed by atoms with Crippen LogP contribution in [0.3, 0.4) is 0 Å². The second-order valence-electron chi connectivity index (χ2n) is 13.6. The SMILES string of the molecule is c1ccc(-n2c3ccccc3c3c4c5ccc(-c6ccc7oc8ccncc8c7c6)cc5n(-c5ccc6c(c5)oc5ccccc56)c4ccc32)cc1. The Balaban J connectivity index is 1.19. The van der Waals surface area contributed by atoms with Crippen LogP contribution in [-0.4, -0.2) is 14.1 Å². The van der Waals surface area contributed by atoms with Gasteiger partial charge in [-0.2, -0.15) is 0 Å². The minimum Gasteiger partial charge on any atom is -0.456 e. The molecule has 0 aliphatic carbocycles. The van der Waals surface area contributed by atoms with Gasteiger partial charge in [0.05, 0.1) is 22.1 Å². The second kappa shape index (κ2) is 10.2. The molecule has 0 spiro atoms. The number of nitrogens with zero attached hydrogens (tertiary/aromatic N) is 3. The Morgan fingerprint density at radius 2 is 1.00 bits per heavy atom. The van der Waals surface area contributed by atoms with E-state index in [1.807, 2.05) is 24.4 Å². The fourth-order valence-electron chi connectivity index (χ4n) is 8.53. The maximum absolute atomic E-state index is 6.43. The highest BCUT2D eigenvalue weighted by Gasteiger charge is 2.22. The predicted molar refractivity (Wildman–Crippen MR) is 213 cm³/mol. The monoisotopic (exact) mass is 665 g/mol. The second-order valence-corrected chi connectivity index (χ2v) is 13.6. The Bertz CT molecular complexity index is 3410. The smallest absolute Gasteiger partial charge is 0.138 e. The third-order valence-corrected chi connectivity index (χ3v) is 10.8. The number of pyridine rings is 1. The molecule has 0 aliphatic heterocycles. The van der Waals surface area contributed by atoms with Crippen molar-refractivity contribution in [2.24, 2.45) is 0 Å². The molecule has 5 heterocycles. The summed E-state index contributed by atoms with van der Waals surface area (Å²) in [5, 5.41) is 9.23. The van der Waals surface area contributed by atoms with Crippen molar-refractivity contribution in [2.45, 2.75) is 0 Å². The number of hydrogen-bond acceptors (Lipinski definition) is 3. The largest absolute Gasteiger partial charge is 0.456 e. The van der Waals surface area contributed by atoms with Gasteiger partial charge in [-0.15, -0.1) is 0 Å². The van der Waals surface area contributed by atoms with Crippen molar-refractivity contribution < 1.29 is 8.83 Å². The van der Waals surface area contributed by atoms with Crippen molar-refractivity contribution in [3.63, 3.8) is 0 Å². The average molecular weight is 666 g/mol. The van der Waals surface area contributed by atoms with Gasteiger partial charge >= 0.3 is 0 Å². The van der Waals surface area contributed by atoms with Crippen LogP contribution in [0, 0.1) is 0 Å². The molecule has 0 saturated carbocycles. The summed E-state index contributed by atoms with van der Waals surface area (Å²) in [5.74, 6) is 0. The van der Waals surface area contributed by atoms with Gasteiger partial charge in [-0.05, 0) is 83.9 Å². The van der Waals surface area contributed by atoms with Crippen molar-refractivity contribution in [3.05, 3.63) is 164 Å². The standard InChI is InChI=1S/C47H27N3O2/c1-2-8-30(9-3-1)49-38-12-6-4-11-34(38)46-39(49)19-20-40-47(46)35-17-14-29(28-15-21-43-36(24-28)37-27-48-23-22-44(37)51-43)25-41(35)50(40)31-16-18-33-32-10-5-7-13-42(32)52-45(33)26-31/h1-27H. The Morgan fingerprint density at radius 3 is 1.88 bits per heavy atom. The van der Waals surface area contributed by atoms with Gasteiger partial charge in [0.2, 0.25) is 0 Å². The first-order valence-corrected chi connectivity index (χ1v) is 17.5. The number of benzene rings is 7. The highest BCUT2D eigenvalue weighted by atomic mass is 16.3. The molecule has 0 saturated heterocycles. The van der Waals surface area contributed by atoms with E-state index in [0.29, 0.717) is 0 Å². The van der Waals surface area contributed by atoms with Crippen LogP contribution in [0.5, 0.6) is 0 Å². The van der Waals surface area contributed by atoms with Crippen LogP contribution in [0.1, 0.15) is 0 Å².